The fourth-order valence-corrected chi connectivity index (χ4v) is 0.643. The second kappa shape index (κ2) is 6.15. The van der Waals surface area contributed by atoms with Crippen LogP contribution in [-0.2, 0) is 4.79 Å². The SMILES string of the molecule is CCNC=C(C=C(C#N)C(=O)O)[N+](=O)[O-]. The molecule has 0 amide bonds. The van der Waals surface area contributed by atoms with Gasteiger partial charge in [0.2, 0.25) is 0 Å². The van der Waals surface area contributed by atoms with Crippen LogP contribution in [-0.4, -0.2) is 22.5 Å². The van der Waals surface area contributed by atoms with Gasteiger partial charge in [0.1, 0.15) is 11.6 Å². The van der Waals surface area contributed by atoms with Crippen LogP contribution in [0.5, 0.6) is 0 Å². The molecule has 7 heteroatoms. The van der Waals surface area contributed by atoms with Crippen LogP contribution in [0.25, 0.3) is 0 Å². The van der Waals surface area contributed by atoms with Crippen LogP contribution >= 0.6 is 0 Å². The van der Waals surface area contributed by atoms with E-state index in [1.54, 1.807) is 6.92 Å². The molecule has 0 saturated carbocycles. The summed E-state index contributed by atoms with van der Waals surface area (Å²) in [4.78, 5) is 20.1. The van der Waals surface area contributed by atoms with Crippen molar-refractivity contribution in [2.75, 3.05) is 6.54 Å². The number of hydrogen-bond donors (Lipinski definition) is 2. The molecular weight excluding hydrogens is 202 g/mol. The molecule has 0 aliphatic rings. The number of carboxylic acids is 1. The van der Waals surface area contributed by atoms with Crippen molar-refractivity contribution in [2.24, 2.45) is 0 Å². The van der Waals surface area contributed by atoms with Crippen molar-refractivity contribution in [2.45, 2.75) is 6.92 Å². The van der Waals surface area contributed by atoms with Gasteiger partial charge in [-0.1, -0.05) is 0 Å². The molecule has 0 aromatic carbocycles. The zero-order valence-corrected chi connectivity index (χ0v) is 7.93. The van der Waals surface area contributed by atoms with Crippen LogP contribution in [0.3, 0.4) is 0 Å². The molecule has 0 saturated heterocycles. The van der Waals surface area contributed by atoms with Crippen molar-refractivity contribution in [3.05, 3.63) is 33.7 Å². The Bertz CT molecular complexity index is 365. The Morgan fingerprint density at radius 1 is 1.73 bits per heavy atom. The summed E-state index contributed by atoms with van der Waals surface area (Å²) in [7, 11) is 0. The Morgan fingerprint density at radius 2 is 2.33 bits per heavy atom. The van der Waals surface area contributed by atoms with E-state index in [1.165, 1.54) is 6.07 Å². The van der Waals surface area contributed by atoms with Crippen LogP contribution < -0.4 is 5.32 Å². The molecule has 0 fully saturated rings. The van der Waals surface area contributed by atoms with Crippen molar-refractivity contribution in [1.29, 1.82) is 5.26 Å². The van der Waals surface area contributed by atoms with E-state index in [1.807, 2.05) is 0 Å². The average molecular weight is 211 g/mol. The fourth-order valence-electron chi connectivity index (χ4n) is 0.643. The maximum absolute atomic E-state index is 10.4. The zero-order chi connectivity index (χ0) is 11.8. The molecule has 0 heterocycles. The van der Waals surface area contributed by atoms with Gasteiger partial charge >= 0.3 is 5.97 Å². The Morgan fingerprint density at radius 3 is 2.67 bits per heavy atom. The first-order valence-corrected chi connectivity index (χ1v) is 3.96. The van der Waals surface area contributed by atoms with Crippen LogP contribution in [0, 0.1) is 21.4 Å². The Balaban J connectivity index is 5.05. The number of carboxylic acid groups (broad SMARTS) is 1. The molecule has 0 aromatic rings. The standard InChI is InChI=1S/C8H9N3O4/c1-2-10-5-7(11(14)15)3-6(4-9)8(12)13/h3,5,10H,2H2,1H3,(H,12,13). The monoisotopic (exact) mass is 211 g/mol. The lowest BCUT2D eigenvalue weighted by atomic mass is 10.2. The summed E-state index contributed by atoms with van der Waals surface area (Å²) in [5, 5.41) is 29.8. The van der Waals surface area contributed by atoms with E-state index in [4.69, 9.17) is 10.4 Å². The van der Waals surface area contributed by atoms with Crippen LogP contribution in [0.1, 0.15) is 6.92 Å². The summed E-state index contributed by atoms with van der Waals surface area (Å²) >= 11 is 0. The van der Waals surface area contributed by atoms with Crippen molar-refractivity contribution in [3.63, 3.8) is 0 Å². The van der Waals surface area contributed by atoms with Gasteiger partial charge in [0.15, 0.2) is 0 Å². The highest BCUT2D eigenvalue weighted by atomic mass is 16.6. The van der Waals surface area contributed by atoms with Crippen molar-refractivity contribution < 1.29 is 14.8 Å². The van der Waals surface area contributed by atoms with E-state index in [0.29, 0.717) is 12.6 Å². The normalized spacial score (nSPS) is 11.7. The van der Waals surface area contributed by atoms with Gasteiger partial charge in [-0.2, -0.15) is 5.26 Å². The van der Waals surface area contributed by atoms with Crippen LogP contribution in [0.4, 0.5) is 0 Å². The molecular formula is C8H9N3O4. The minimum absolute atomic E-state index is 0.458. The molecule has 0 aromatic heterocycles. The minimum atomic E-state index is -1.50. The lowest BCUT2D eigenvalue weighted by Crippen LogP contribution is -2.09. The van der Waals surface area contributed by atoms with Crippen LogP contribution in [0.2, 0.25) is 0 Å². The fraction of sp³-hybridized carbons (Fsp3) is 0.250. The van der Waals surface area contributed by atoms with E-state index < -0.39 is 22.2 Å². The number of carbonyl (C=O) groups is 1. The highest BCUT2D eigenvalue weighted by molar-refractivity contribution is 5.91. The molecule has 15 heavy (non-hydrogen) atoms. The van der Waals surface area contributed by atoms with E-state index in [0.717, 1.165) is 6.20 Å². The third-order valence-electron chi connectivity index (χ3n) is 1.31. The summed E-state index contributed by atoms with van der Waals surface area (Å²) < 4.78 is 0. The Kier molecular flexibility index (Phi) is 5.18. The van der Waals surface area contributed by atoms with Gasteiger partial charge in [-0.05, 0) is 6.92 Å². The highest BCUT2D eigenvalue weighted by Crippen LogP contribution is 2.02. The topological polar surface area (TPSA) is 116 Å². The first-order valence-electron chi connectivity index (χ1n) is 3.96. The van der Waals surface area contributed by atoms with Gasteiger partial charge in [0.25, 0.3) is 5.70 Å². The number of rotatable bonds is 5. The maximum atomic E-state index is 10.4. The molecule has 80 valence electrons. The number of nitriles is 1. The molecule has 2 N–H and O–H groups in total. The number of nitrogens with one attached hydrogen (secondary N) is 1. The quantitative estimate of drug-likeness (QED) is 0.221. The van der Waals surface area contributed by atoms with Crippen molar-refractivity contribution >= 4 is 5.97 Å². The molecule has 0 aliphatic heterocycles. The van der Waals surface area contributed by atoms with Crippen molar-refractivity contribution in [1.82, 2.24) is 5.32 Å². The zero-order valence-electron chi connectivity index (χ0n) is 7.93. The average Bonchev–Trinajstić information content (AvgIpc) is 2.17. The third kappa shape index (κ3) is 4.42. The molecule has 0 unspecified atom stereocenters. The molecule has 0 atom stereocenters. The lowest BCUT2D eigenvalue weighted by molar-refractivity contribution is -0.419. The third-order valence-corrected chi connectivity index (χ3v) is 1.31. The van der Waals surface area contributed by atoms with Gasteiger partial charge in [-0.25, -0.2) is 4.79 Å². The van der Waals surface area contributed by atoms with Gasteiger partial charge in [-0.15, -0.1) is 0 Å². The number of nitrogens with zero attached hydrogens (tertiary/aromatic N) is 2. The summed E-state index contributed by atoms with van der Waals surface area (Å²) in [5.74, 6) is -1.50. The predicted octanol–water partition coefficient (Wildman–Crippen LogP) is 0.249. The van der Waals surface area contributed by atoms with Gasteiger partial charge in [0, 0.05) is 12.6 Å². The lowest BCUT2D eigenvalue weighted by Gasteiger charge is -1.94. The largest absolute Gasteiger partial charge is 0.477 e. The summed E-state index contributed by atoms with van der Waals surface area (Å²) in [6, 6.07) is 1.35. The minimum Gasteiger partial charge on any atom is -0.477 e. The molecule has 0 radical (unpaired) electrons. The number of hydrogen-bond acceptors (Lipinski definition) is 5. The molecule has 0 spiro atoms. The van der Waals surface area contributed by atoms with Crippen molar-refractivity contribution in [3.8, 4) is 6.07 Å². The highest BCUT2D eigenvalue weighted by Gasteiger charge is 2.13. The second-order valence-electron chi connectivity index (χ2n) is 2.36. The molecule has 0 rings (SSSR count). The van der Waals surface area contributed by atoms with E-state index in [2.05, 4.69) is 5.32 Å². The maximum Gasteiger partial charge on any atom is 0.346 e. The summed E-state index contributed by atoms with van der Waals surface area (Å²) in [6.07, 6.45) is 1.74. The van der Waals surface area contributed by atoms with E-state index >= 15 is 0 Å². The molecule has 7 nitrogen and oxygen atoms in total. The smallest absolute Gasteiger partial charge is 0.346 e. The number of nitro groups is 1. The van der Waals surface area contributed by atoms with Gasteiger partial charge in [0.05, 0.1) is 11.1 Å². The number of allylic oxidation sites excluding steroid dienone is 1. The summed E-state index contributed by atoms with van der Waals surface area (Å²) in [5.41, 5.74) is -1.16. The van der Waals surface area contributed by atoms with Gasteiger partial charge < -0.3 is 10.4 Å². The Hall–Kier alpha value is -2.36. The first-order chi connectivity index (χ1) is 7.02. The summed E-state index contributed by atoms with van der Waals surface area (Å²) in [6.45, 7) is 2.18. The second-order valence-corrected chi connectivity index (χ2v) is 2.36. The number of aliphatic carboxylic acids is 1. The molecule has 0 aliphatic carbocycles. The predicted molar refractivity (Wildman–Crippen MR) is 50.1 cm³/mol. The first kappa shape index (κ1) is 12.6. The van der Waals surface area contributed by atoms with E-state index in [-0.39, 0.29) is 0 Å². The Labute approximate surface area is 85.5 Å². The van der Waals surface area contributed by atoms with Gasteiger partial charge in [-0.3, -0.25) is 10.1 Å². The van der Waals surface area contributed by atoms with Crippen LogP contribution in [0.15, 0.2) is 23.5 Å². The van der Waals surface area contributed by atoms with E-state index in [9.17, 15) is 14.9 Å². The molecule has 0 bridgehead atoms.